The first-order valence-corrected chi connectivity index (χ1v) is 4.27. The fourth-order valence-electron chi connectivity index (χ4n) is 2.03. The molecule has 1 aliphatic heterocycles. The number of hydrogen-bond donors (Lipinski definition) is 2. The summed E-state index contributed by atoms with van der Waals surface area (Å²) in [5.74, 6) is 0.193. The molecule has 1 aliphatic carbocycles. The van der Waals surface area contributed by atoms with Gasteiger partial charge in [0.1, 0.15) is 0 Å². The Bertz CT molecular complexity index is 146. The van der Waals surface area contributed by atoms with Crippen molar-refractivity contribution >= 4 is 0 Å². The number of hydrogen-bond acceptors (Lipinski definition) is 3. The minimum Gasteiger partial charge on any atom is -0.394 e. The summed E-state index contributed by atoms with van der Waals surface area (Å²) < 4.78 is 5.34. The van der Waals surface area contributed by atoms with E-state index in [1.807, 2.05) is 0 Å². The Hall–Kier alpha value is -0.120. The molecule has 0 aromatic carbocycles. The monoisotopic (exact) mass is 158 g/mol. The largest absolute Gasteiger partial charge is 0.394 e. The zero-order valence-corrected chi connectivity index (χ0v) is 6.44. The average molecular weight is 158 g/mol. The standard InChI is InChI=1S/C8H14O3/c9-4-6(10)5-2-1-3-7-8(5)11-7/h5-10H,1-4H2. The fourth-order valence-corrected chi connectivity index (χ4v) is 2.03. The second kappa shape index (κ2) is 2.73. The molecule has 4 atom stereocenters. The first-order valence-electron chi connectivity index (χ1n) is 4.27. The second-order valence-electron chi connectivity index (χ2n) is 3.48. The molecular formula is C8H14O3. The molecule has 64 valence electrons. The van der Waals surface area contributed by atoms with Gasteiger partial charge in [0.15, 0.2) is 0 Å². The first-order chi connectivity index (χ1) is 5.33. The number of fused-ring (bicyclic) bond motifs is 1. The molecule has 1 saturated carbocycles. The topological polar surface area (TPSA) is 53.0 Å². The summed E-state index contributed by atoms with van der Waals surface area (Å²) in [5, 5.41) is 18.1. The maximum absolute atomic E-state index is 9.35. The second-order valence-corrected chi connectivity index (χ2v) is 3.48. The van der Waals surface area contributed by atoms with Gasteiger partial charge < -0.3 is 14.9 Å². The van der Waals surface area contributed by atoms with E-state index in [-0.39, 0.29) is 18.6 Å². The van der Waals surface area contributed by atoms with Crippen LogP contribution in [-0.4, -0.2) is 35.1 Å². The molecule has 0 spiro atoms. The highest BCUT2D eigenvalue weighted by Crippen LogP contribution is 2.41. The van der Waals surface area contributed by atoms with Crippen LogP contribution in [0.15, 0.2) is 0 Å². The molecule has 2 fully saturated rings. The van der Waals surface area contributed by atoms with Gasteiger partial charge in [0, 0.05) is 5.92 Å². The number of rotatable bonds is 2. The van der Waals surface area contributed by atoms with E-state index in [1.54, 1.807) is 0 Å². The Morgan fingerprint density at radius 1 is 1.45 bits per heavy atom. The van der Waals surface area contributed by atoms with Crippen LogP contribution in [0.2, 0.25) is 0 Å². The summed E-state index contributed by atoms with van der Waals surface area (Å²) in [7, 11) is 0. The highest BCUT2D eigenvalue weighted by molar-refractivity contribution is 4.96. The maximum atomic E-state index is 9.35. The lowest BCUT2D eigenvalue weighted by molar-refractivity contribution is 0.0304. The summed E-state index contributed by atoms with van der Waals surface area (Å²) in [4.78, 5) is 0. The lowest BCUT2D eigenvalue weighted by Gasteiger charge is -2.21. The highest BCUT2D eigenvalue weighted by atomic mass is 16.6. The molecule has 2 aliphatic rings. The smallest absolute Gasteiger partial charge is 0.0895 e. The molecule has 0 bridgehead atoms. The Morgan fingerprint density at radius 3 is 3.00 bits per heavy atom. The number of aliphatic hydroxyl groups excluding tert-OH is 2. The highest BCUT2D eigenvalue weighted by Gasteiger charge is 2.49. The van der Waals surface area contributed by atoms with Crippen LogP contribution in [0.25, 0.3) is 0 Å². The average Bonchev–Trinajstić information content (AvgIpc) is 2.80. The summed E-state index contributed by atoms with van der Waals surface area (Å²) in [6.45, 7) is -0.128. The van der Waals surface area contributed by atoms with E-state index in [4.69, 9.17) is 9.84 Å². The Kier molecular flexibility index (Phi) is 1.87. The van der Waals surface area contributed by atoms with Gasteiger partial charge in [-0.05, 0) is 12.8 Å². The van der Waals surface area contributed by atoms with Crippen molar-refractivity contribution in [1.29, 1.82) is 0 Å². The van der Waals surface area contributed by atoms with Crippen LogP contribution in [0.3, 0.4) is 0 Å². The first kappa shape index (κ1) is 7.53. The molecule has 2 N–H and O–H groups in total. The predicted molar refractivity (Wildman–Crippen MR) is 39.1 cm³/mol. The minimum atomic E-state index is -0.565. The van der Waals surface area contributed by atoms with Gasteiger partial charge in [0.05, 0.1) is 24.9 Å². The van der Waals surface area contributed by atoms with Crippen LogP contribution < -0.4 is 0 Å². The van der Waals surface area contributed by atoms with Crippen LogP contribution in [-0.2, 0) is 4.74 Å². The van der Waals surface area contributed by atoms with Crippen LogP contribution in [0, 0.1) is 5.92 Å². The molecule has 0 aromatic heterocycles. The van der Waals surface area contributed by atoms with Crippen LogP contribution in [0.4, 0.5) is 0 Å². The van der Waals surface area contributed by atoms with Crippen molar-refractivity contribution in [2.75, 3.05) is 6.61 Å². The van der Waals surface area contributed by atoms with Gasteiger partial charge in [-0.1, -0.05) is 6.42 Å². The normalized spacial score (nSPS) is 44.7. The summed E-state index contributed by atoms with van der Waals surface area (Å²) in [5.41, 5.74) is 0. The summed E-state index contributed by atoms with van der Waals surface area (Å²) in [6.07, 6.45) is 3.36. The van der Waals surface area contributed by atoms with Crippen molar-refractivity contribution in [2.45, 2.75) is 37.6 Å². The Balaban J connectivity index is 1.92. The third kappa shape index (κ3) is 1.28. The van der Waals surface area contributed by atoms with Crippen molar-refractivity contribution in [1.82, 2.24) is 0 Å². The minimum absolute atomic E-state index is 0.128. The van der Waals surface area contributed by atoms with Crippen molar-refractivity contribution in [3.8, 4) is 0 Å². The third-order valence-electron chi connectivity index (χ3n) is 2.75. The summed E-state index contributed by atoms with van der Waals surface area (Å²) >= 11 is 0. The molecule has 0 amide bonds. The fraction of sp³-hybridized carbons (Fsp3) is 1.00. The zero-order valence-electron chi connectivity index (χ0n) is 6.44. The van der Waals surface area contributed by atoms with Crippen molar-refractivity contribution in [3.05, 3.63) is 0 Å². The van der Waals surface area contributed by atoms with E-state index in [1.165, 1.54) is 0 Å². The van der Waals surface area contributed by atoms with E-state index in [0.29, 0.717) is 6.10 Å². The lowest BCUT2D eigenvalue weighted by atomic mass is 9.85. The van der Waals surface area contributed by atoms with Gasteiger partial charge in [0.25, 0.3) is 0 Å². The van der Waals surface area contributed by atoms with E-state index in [2.05, 4.69) is 0 Å². The van der Waals surface area contributed by atoms with E-state index in [9.17, 15) is 5.11 Å². The maximum Gasteiger partial charge on any atom is 0.0895 e. The van der Waals surface area contributed by atoms with Crippen LogP contribution >= 0.6 is 0 Å². The van der Waals surface area contributed by atoms with Crippen molar-refractivity contribution < 1.29 is 14.9 Å². The Labute approximate surface area is 66.0 Å². The van der Waals surface area contributed by atoms with Gasteiger partial charge in [0.2, 0.25) is 0 Å². The van der Waals surface area contributed by atoms with E-state index < -0.39 is 6.10 Å². The molecule has 2 rings (SSSR count). The predicted octanol–water partition coefficient (Wildman–Crippen LogP) is -0.0929. The molecule has 11 heavy (non-hydrogen) atoms. The van der Waals surface area contributed by atoms with Gasteiger partial charge >= 0.3 is 0 Å². The van der Waals surface area contributed by atoms with Gasteiger partial charge in [-0.2, -0.15) is 0 Å². The van der Waals surface area contributed by atoms with Crippen LogP contribution in [0.5, 0.6) is 0 Å². The molecule has 3 nitrogen and oxygen atoms in total. The summed E-state index contributed by atoms with van der Waals surface area (Å²) in [6, 6.07) is 0. The van der Waals surface area contributed by atoms with Gasteiger partial charge in [-0.3, -0.25) is 0 Å². The van der Waals surface area contributed by atoms with Crippen molar-refractivity contribution in [2.24, 2.45) is 5.92 Å². The van der Waals surface area contributed by atoms with Gasteiger partial charge in [-0.15, -0.1) is 0 Å². The number of ether oxygens (including phenoxy) is 1. The van der Waals surface area contributed by atoms with Gasteiger partial charge in [-0.25, -0.2) is 0 Å². The molecular weight excluding hydrogens is 144 g/mol. The molecule has 4 unspecified atom stereocenters. The lowest BCUT2D eigenvalue weighted by Crippen LogP contribution is -2.31. The molecule has 0 aromatic rings. The molecule has 1 saturated heterocycles. The van der Waals surface area contributed by atoms with Crippen molar-refractivity contribution in [3.63, 3.8) is 0 Å². The SMILES string of the molecule is OCC(O)C1CCCC2OC21. The molecule has 1 heterocycles. The number of epoxide rings is 1. The van der Waals surface area contributed by atoms with E-state index in [0.717, 1.165) is 19.3 Å². The molecule has 0 radical (unpaired) electrons. The van der Waals surface area contributed by atoms with E-state index >= 15 is 0 Å². The quantitative estimate of drug-likeness (QED) is 0.552. The zero-order chi connectivity index (χ0) is 7.84. The van der Waals surface area contributed by atoms with Crippen LogP contribution in [0.1, 0.15) is 19.3 Å². The molecule has 3 heteroatoms. The third-order valence-corrected chi connectivity index (χ3v) is 2.75. The number of aliphatic hydroxyl groups is 2. The Morgan fingerprint density at radius 2 is 2.27 bits per heavy atom.